The van der Waals surface area contributed by atoms with Gasteiger partial charge in [-0.3, -0.25) is 9.69 Å². The number of nitrogens with zero attached hydrogens (tertiary/aromatic N) is 2. The molecule has 4 rings (SSSR count). The number of aryl methyl sites for hydroxylation is 1. The molecule has 0 amide bonds. The number of nitrogens with one attached hydrogen (secondary N) is 1. The van der Waals surface area contributed by atoms with Crippen molar-refractivity contribution in [3.05, 3.63) is 46.4 Å². The Kier molecular flexibility index (Phi) is 11.8. The molecule has 3 heterocycles. The van der Waals surface area contributed by atoms with Gasteiger partial charge in [-0.05, 0) is 62.1 Å². The molecule has 10 heteroatoms. The van der Waals surface area contributed by atoms with Crippen LogP contribution in [-0.4, -0.2) is 80.7 Å². The quantitative estimate of drug-likeness (QED) is 0.251. The van der Waals surface area contributed by atoms with Crippen LogP contribution in [0.2, 0.25) is 0 Å². The minimum Gasteiger partial charge on any atom is -0.493 e. The smallest absolute Gasteiger partial charge is 0.325 e. The number of methoxy groups -OCH3 is 2. The monoisotopic (exact) mass is 587 g/mol. The van der Waals surface area contributed by atoms with Crippen LogP contribution in [0.1, 0.15) is 80.3 Å². The molecule has 2 aromatic rings. The summed E-state index contributed by atoms with van der Waals surface area (Å²) in [4.78, 5) is 19.1. The van der Waals surface area contributed by atoms with Crippen molar-refractivity contribution >= 4 is 11.8 Å². The van der Waals surface area contributed by atoms with Crippen LogP contribution in [0.5, 0.6) is 11.5 Å². The fraction of sp³-hybridized carbons (Fsp3) is 0.625. The van der Waals surface area contributed by atoms with E-state index in [1.165, 1.54) is 13.2 Å². The van der Waals surface area contributed by atoms with Gasteiger partial charge < -0.3 is 29.4 Å². The molecular weight excluding hydrogens is 541 g/mol. The summed E-state index contributed by atoms with van der Waals surface area (Å²) in [5.74, 6) is 0.347. The number of rotatable bonds is 16. The molecule has 1 aromatic carbocycles. The lowest BCUT2D eigenvalue weighted by Gasteiger charge is -2.27. The molecule has 1 aromatic heterocycles. The Bertz CT molecular complexity index is 1190. The summed E-state index contributed by atoms with van der Waals surface area (Å²) in [7, 11) is 3.05. The molecule has 2 aliphatic rings. The van der Waals surface area contributed by atoms with Gasteiger partial charge in [0, 0.05) is 56.2 Å². The minimum absolute atomic E-state index is 0.00553. The number of fused-ring (bicyclic) bond motifs is 1. The second-order valence-electron chi connectivity index (χ2n) is 11.4. The fourth-order valence-corrected chi connectivity index (χ4v) is 5.78. The highest BCUT2D eigenvalue weighted by atomic mass is 19.1. The number of aromatic nitrogens is 1. The van der Waals surface area contributed by atoms with E-state index in [0.717, 1.165) is 79.9 Å². The Labute approximate surface area is 248 Å². The van der Waals surface area contributed by atoms with Crippen molar-refractivity contribution in [2.24, 2.45) is 0 Å². The lowest BCUT2D eigenvalue weighted by Crippen LogP contribution is -2.34. The zero-order valence-electron chi connectivity index (χ0n) is 25.4. The van der Waals surface area contributed by atoms with Gasteiger partial charge in [-0.1, -0.05) is 20.3 Å². The molecular formula is C32H46FN3O6. The Morgan fingerprint density at radius 3 is 2.74 bits per heavy atom. The van der Waals surface area contributed by atoms with Crippen molar-refractivity contribution in [2.45, 2.75) is 76.9 Å². The minimum atomic E-state index is -1.02. The first kappa shape index (κ1) is 32.0. The SMILES string of the molecule is COCCOc1cc(CCCCCO[C@@H]2CCN([C@@H](C(=O)O)c3cc(C(C)C)cc(F)c3OC)C2)nc2c1CCCN2. The van der Waals surface area contributed by atoms with Gasteiger partial charge in [0.2, 0.25) is 0 Å². The topological polar surface area (TPSA) is 102 Å². The molecule has 1 fully saturated rings. The maximum atomic E-state index is 14.8. The van der Waals surface area contributed by atoms with Crippen molar-refractivity contribution in [1.82, 2.24) is 9.88 Å². The van der Waals surface area contributed by atoms with E-state index in [1.807, 2.05) is 18.7 Å². The van der Waals surface area contributed by atoms with Crippen molar-refractivity contribution in [1.29, 1.82) is 0 Å². The van der Waals surface area contributed by atoms with Gasteiger partial charge in [-0.25, -0.2) is 9.37 Å². The average molecular weight is 588 g/mol. The largest absolute Gasteiger partial charge is 0.493 e. The van der Waals surface area contributed by atoms with Crippen molar-refractivity contribution < 1.29 is 33.2 Å². The van der Waals surface area contributed by atoms with E-state index in [2.05, 4.69) is 11.4 Å². The third-order valence-corrected chi connectivity index (χ3v) is 8.04. The zero-order chi connectivity index (χ0) is 30.1. The number of aliphatic carboxylic acids is 1. The average Bonchev–Trinajstić information content (AvgIpc) is 3.42. The van der Waals surface area contributed by atoms with E-state index in [0.29, 0.717) is 38.5 Å². The summed E-state index contributed by atoms with van der Waals surface area (Å²) in [6.07, 6.45) is 6.47. The van der Waals surface area contributed by atoms with Crippen LogP contribution in [0.3, 0.4) is 0 Å². The van der Waals surface area contributed by atoms with Crippen LogP contribution in [0.15, 0.2) is 18.2 Å². The number of hydrogen-bond donors (Lipinski definition) is 2. The van der Waals surface area contributed by atoms with E-state index in [4.69, 9.17) is 23.9 Å². The zero-order valence-corrected chi connectivity index (χ0v) is 25.4. The van der Waals surface area contributed by atoms with Gasteiger partial charge in [0.05, 0.1) is 19.8 Å². The van der Waals surface area contributed by atoms with Gasteiger partial charge in [-0.15, -0.1) is 0 Å². The van der Waals surface area contributed by atoms with Crippen LogP contribution < -0.4 is 14.8 Å². The summed E-state index contributed by atoms with van der Waals surface area (Å²) in [6, 6.07) is 4.27. The van der Waals surface area contributed by atoms with Crippen LogP contribution in [0.25, 0.3) is 0 Å². The molecule has 0 radical (unpaired) electrons. The number of carbonyl (C=O) groups is 1. The van der Waals surface area contributed by atoms with Crippen molar-refractivity contribution in [2.75, 3.05) is 59.0 Å². The number of carboxylic acid groups (broad SMARTS) is 1. The van der Waals surface area contributed by atoms with Gasteiger partial charge in [0.1, 0.15) is 24.2 Å². The first-order chi connectivity index (χ1) is 20.3. The van der Waals surface area contributed by atoms with E-state index in [9.17, 15) is 14.3 Å². The third kappa shape index (κ3) is 8.11. The van der Waals surface area contributed by atoms with Crippen LogP contribution in [0, 0.1) is 5.82 Å². The summed E-state index contributed by atoms with van der Waals surface area (Å²) >= 11 is 0. The molecule has 42 heavy (non-hydrogen) atoms. The number of ether oxygens (including phenoxy) is 4. The van der Waals surface area contributed by atoms with Gasteiger partial charge in [0.25, 0.3) is 0 Å². The summed E-state index contributed by atoms with van der Waals surface area (Å²) in [5.41, 5.74) is 3.28. The highest BCUT2D eigenvalue weighted by Crippen LogP contribution is 2.37. The third-order valence-electron chi connectivity index (χ3n) is 8.04. The number of halogens is 1. The molecule has 0 aliphatic carbocycles. The Balaban J connectivity index is 1.26. The lowest BCUT2D eigenvalue weighted by molar-refractivity contribution is -0.143. The Morgan fingerprint density at radius 2 is 2.00 bits per heavy atom. The van der Waals surface area contributed by atoms with Gasteiger partial charge in [-0.2, -0.15) is 0 Å². The fourth-order valence-electron chi connectivity index (χ4n) is 5.78. The van der Waals surface area contributed by atoms with Crippen molar-refractivity contribution in [3.8, 4) is 11.5 Å². The molecule has 0 bridgehead atoms. The Morgan fingerprint density at radius 1 is 1.17 bits per heavy atom. The molecule has 2 N–H and O–H groups in total. The number of anilines is 1. The van der Waals surface area contributed by atoms with Crippen LogP contribution >= 0.6 is 0 Å². The lowest BCUT2D eigenvalue weighted by atomic mass is 9.95. The molecule has 0 saturated carbocycles. The number of unbranched alkanes of at least 4 members (excludes halogenated alkanes) is 2. The molecule has 0 spiro atoms. The number of pyridine rings is 1. The van der Waals surface area contributed by atoms with Crippen molar-refractivity contribution in [3.63, 3.8) is 0 Å². The number of carboxylic acids is 1. The van der Waals surface area contributed by atoms with Gasteiger partial charge in [0.15, 0.2) is 11.6 Å². The maximum absolute atomic E-state index is 14.8. The van der Waals surface area contributed by atoms with E-state index < -0.39 is 17.8 Å². The number of likely N-dealkylation sites (tertiary alicyclic amines) is 1. The first-order valence-corrected chi connectivity index (χ1v) is 15.2. The first-order valence-electron chi connectivity index (χ1n) is 15.2. The Hall–Kier alpha value is -2.95. The second kappa shape index (κ2) is 15.5. The molecule has 0 unspecified atom stereocenters. The highest BCUT2D eigenvalue weighted by molar-refractivity contribution is 5.77. The molecule has 1 saturated heterocycles. The van der Waals surface area contributed by atoms with Crippen LogP contribution in [0.4, 0.5) is 10.2 Å². The van der Waals surface area contributed by atoms with Gasteiger partial charge >= 0.3 is 5.97 Å². The predicted octanol–water partition coefficient (Wildman–Crippen LogP) is 5.37. The molecule has 2 aliphatic heterocycles. The van der Waals surface area contributed by atoms with E-state index in [1.54, 1.807) is 13.2 Å². The summed E-state index contributed by atoms with van der Waals surface area (Å²) in [6.45, 7) is 7.56. The number of benzene rings is 1. The summed E-state index contributed by atoms with van der Waals surface area (Å²) < 4.78 is 37.4. The molecule has 232 valence electrons. The predicted molar refractivity (Wildman–Crippen MR) is 159 cm³/mol. The van der Waals surface area contributed by atoms with E-state index >= 15 is 0 Å². The second-order valence-corrected chi connectivity index (χ2v) is 11.4. The molecule has 9 nitrogen and oxygen atoms in total. The van der Waals surface area contributed by atoms with E-state index in [-0.39, 0.29) is 17.8 Å². The highest BCUT2D eigenvalue weighted by Gasteiger charge is 2.36. The number of hydrogen-bond acceptors (Lipinski definition) is 8. The standard InChI is InChI=1S/C32H46FN3O6/c1-21(2)22-17-26(30(40-4)27(33)18-22)29(32(37)38)36-13-11-24(20-36)41-14-7-5-6-9-23-19-28(42-16-15-39-3)25-10-8-12-34-31(25)35-23/h17-19,21,24,29H,5-16,20H2,1-4H3,(H,34,35)(H,37,38)/t24-,29-/m1/s1. The maximum Gasteiger partial charge on any atom is 0.325 e. The normalized spacial score (nSPS) is 17.6. The van der Waals surface area contributed by atoms with Crippen LogP contribution in [-0.2, 0) is 27.1 Å². The summed E-state index contributed by atoms with van der Waals surface area (Å²) in [5, 5.41) is 13.5. The molecule has 2 atom stereocenters.